The Labute approximate surface area is 475 Å². The fourth-order valence-corrected chi connectivity index (χ4v) is 13.7. The number of hydrogen-bond donors (Lipinski definition) is 0. The Morgan fingerprint density at radius 3 is 0.924 bits per heavy atom. The molecule has 0 aliphatic rings. The number of benzene rings is 6. The van der Waals surface area contributed by atoms with E-state index in [-0.39, 0.29) is 0 Å². The third-order valence-corrected chi connectivity index (χ3v) is 18.2. The third kappa shape index (κ3) is 13.3. The number of nitrogens with zero attached hydrogens (tertiary/aromatic N) is 4. The number of para-hydroxylation sites is 2. The molecule has 0 saturated heterocycles. The van der Waals surface area contributed by atoms with Crippen LogP contribution in [0.25, 0.3) is 87.2 Å². The van der Waals surface area contributed by atoms with Crippen molar-refractivity contribution in [2.45, 2.75) is 233 Å². The second-order valence-electron chi connectivity index (χ2n) is 24.1. The lowest BCUT2D eigenvalue weighted by Gasteiger charge is -2.09. The van der Waals surface area contributed by atoms with Crippen LogP contribution in [0.5, 0.6) is 0 Å². The van der Waals surface area contributed by atoms with Crippen molar-refractivity contribution in [3.63, 3.8) is 0 Å². The Kier molecular flexibility index (Phi) is 20.3. The van der Waals surface area contributed by atoms with Gasteiger partial charge < -0.3 is 18.3 Å². The molecular formula is C75H96N4. The summed E-state index contributed by atoms with van der Waals surface area (Å²) in [5, 5.41) is 10.9. The molecule has 0 atom stereocenters. The second-order valence-corrected chi connectivity index (χ2v) is 24.1. The molecule has 6 aromatic carbocycles. The van der Waals surface area contributed by atoms with Crippen LogP contribution in [0.15, 0.2) is 109 Å². The molecule has 4 aromatic heterocycles. The molecule has 0 amide bonds. The lowest BCUT2D eigenvalue weighted by Crippen LogP contribution is -1.99. The average molecular weight is 1050 g/mol. The first-order chi connectivity index (χ1) is 39.1. The zero-order valence-electron chi connectivity index (χ0n) is 49.5. The number of fused-ring (bicyclic) bond motifs is 12. The fourth-order valence-electron chi connectivity index (χ4n) is 13.7. The molecule has 10 rings (SSSR count). The summed E-state index contributed by atoms with van der Waals surface area (Å²) in [5.41, 5.74) is 12.9. The van der Waals surface area contributed by atoms with E-state index in [0.29, 0.717) is 0 Å². The van der Waals surface area contributed by atoms with Crippen LogP contribution in [0.4, 0.5) is 0 Å². The Hall–Kier alpha value is -5.92. The summed E-state index contributed by atoms with van der Waals surface area (Å²) in [6, 6.07) is 42.3. The molecule has 0 bridgehead atoms. The molecule has 0 fully saturated rings. The van der Waals surface area contributed by atoms with E-state index in [9.17, 15) is 0 Å². The van der Waals surface area contributed by atoms with Gasteiger partial charge in [-0.15, -0.1) is 0 Å². The first kappa shape index (κ1) is 56.4. The number of unbranched alkanes of at least 4 members (excludes halogenated alkanes) is 27. The lowest BCUT2D eigenvalue weighted by molar-refractivity contribution is 0.541. The molecule has 0 N–H and O–H groups in total. The van der Waals surface area contributed by atoms with Gasteiger partial charge in [-0.3, -0.25) is 0 Å². The molecule has 0 saturated carbocycles. The van der Waals surface area contributed by atoms with Crippen molar-refractivity contribution in [3.05, 3.63) is 120 Å². The monoisotopic (exact) mass is 1050 g/mol. The van der Waals surface area contributed by atoms with Gasteiger partial charge in [0.25, 0.3) is 0 Å². The quantitative estimate of drug-likeness (QED) is 0.0289. The highest BCUT2D eigenvalue weighted by Gasteiger charge is 2.19. The van der Waals surface area contributed by atoms with Gasteiger partial charge in [0.05, 0.1) is 11.0 Å². The molecule has 4 heterocycles. The van der Waals surface area contributed by atoms with Gasteiger partial charge in [-0.1, -0.05) is 255 Å². The molecule has 4 nitrogen and oxygen atoms in total. The lowest BCUT2D eigenvalue weighted by atomic mass is 10.1. The fraction of sp³-hybridized carbons (Fsp3) is 0.493. The van der Waals surface area contributed by atoms with Crippen molar-refractivity contribution in [2.75, 3.05) is 0 Å². The van der Waals surface area contributed by atoms with Crippen molar-refractivity contribution >= 4 is 87.2 Å². The van der Waals surface area contributed by atoms with Crippen LogP contribution in [0.1, 0.15) is 225 Å². The Balaban J connectivity index is 0.943. The van der Waals surface area contributed by atoms with Crippen LogP contribution in [0.3, 0.4) is 0 Å². The van der Waals surface area contributed by atoms with Gasteiger partial charge in [0, 0.05) is 114 Å². The number of rotatable bonds is 33. The first-order valence-corrected chi connectivity index (χ1v) is 32.5. The largest absolute Gasteiger partial charge is 0.344 e. The van der Waals surface area contributed by atoms with Gasteiger partial charge in [-0.2, -0.15) is 0 Å². The minimum Gasteiger partial charge on any atom is -0.344 e. The Morgan fingerprint density at radius 1 is 0.253 bits per heavy atom. The average Bonchev–Trinajstić information content (AvgIpc) is 4.16. The molecule has 79 heavy (non-hydrogen) atoms. The molecule has 4 heteroatoms. The maximum atomic E-state index is 3.72. The predicted octanol–water partition coefficient (Wildman–Crippen LogP) is 22.8. The number of hydrogen-bond acceptors (Lipinski definition) is 0. The normalized spacial score (nSPS) is 12.1. The van der Waals surface area contributed by atoms with Crippen molar-refractivity contribution < 1.29 is 0 Å². The molecule has 0 unspecified atom stereocenters. The van der Waals surface area contributed by atoms with E-state index in [2.05, 4.69) is 167 Å². The number of aromatic nitrogens is 4. The number of aryl methyl sites for hydroxylation is 4. The summed E-state index contributed by atoms with van der Waals surface area (Å²) >= 11 is 0. The summed E-state index contributed by atoms with van der Waals surface area (Å²) in [7, 11) is 2.22. The standard InChI is InChI=1S/C75H96N4/c1-5-8-11-14-17-20-23-26-29-36-49-77-69-42-35-33-40-61(69)66-56-75-67(57-73(66)77)63-48-46-59(53-72(63)79(75)51-38-31-28-25-22-19-16-13-10-7-3)44-43-58-45-47-62-65-54-70-64(60-39-32-34-41-68(60)76(70)4)55-74(65)78(71(62)52-58)50-37-30-27-24-21-18-15-12-9-6-2/h32-35,39-42,45-48,52-57H,5-31,36-38,49-51H2,1-4H3. The van der Waals surface area contributed by atoms with Crippen LogP contribution < -0.4 is 0 Å². The Bertz CT molecular complexity index is 3630. The summed E-state index contributed by atoms with van der Waals surface area (Å²) in [6.07, 6.45) is 40.5. The minimum absolute atomic E-state index is 1.02. The summed E-state index contributed by atoms with van der Waals surface area (Å²) in [4.78, 5) is 0. The SMILES string of the molecule is CCCCCCCCCCCCn1c2cc(C#Cc3ccc4c5cc6c(cc5n(CCCCCCCCCCCC)c4c3)c3ccccc3n6CCCCCCCCCCCC)ccc2c2cc3c(cc21)c1ccccc1n3C. The zero-order valence-corrected chi connectivity index (χ0v) is 49.5. The predicted molar refractivity (Wildman–Crippen MR) is 347 cm³/mol. The highest BCUT2D eigenvalue weighted by atomic mass is 15.0. The maximum Gasteiger partial charge on any atom is 0.0503 e. The van der Waals surface area contributed by atoms with E-state index < -0.39 is 0 Å². The van der Waals surface area contributed by atoms with Crippen molar-refractivity contribution in [3.8, 4) is 11.8 Å². The van der Waals surface area contributed by atoms with Gasteiger partial charge >= 0.3 is 0 Å². The smallest absolute Gasteiger partial charge is 0.0503 e. The van der Waals surface area contributed by atoms with E-state index in [1.807, 2.05) is 0 Å². The second kappa shape index (κ2) is 28.5. The summed E-state index contributed by atoms with van der Waals surface area (Å²) in [5.74, 6) is 7.44. The van der Waals surface area contributed by atoms with Crippen LogP contribution in [0, 0.1) is 11.8 Å². The van der Waals surface area contributed by atoms with Crippen LogP contribution in [-0.4, -0.2) is 18.3 Å². The van der Waals surface area contributed by atoms with Gasteiger partial charge in [-0.05, 0) is 79.9 Å². The minimum atomic E-state index is 1.02. The molecule has 416 valence electrons. The van der Waals surface area contributed by atoms with Crippen LogP contribution >= 0.6 is 0 Å². The first-order valence-electron chi connectivity index (χ1n) is 32.5. The van der Waals surface area contributed by atoms with E-state index in [0.717, 1.165) is 30.8 Å². The highest BCUT2D eigenvalue weighted by Crippen LogP contribution is 2.40. The molecular weight excluding hydrogens is 957 g/mol. The summed E-state index contributed by atoms with van der Waals surface area (Å²) < 4.78 is 10.3. The molecule has 0 spiro atoms. The van der Waals surface area contributed by atoms with Gasteiger partial charge in [0.2, 0.25) is 0 Å². The van der Waals surface area contributed by atoms with E-state index in [4.69, 9.17) is 0 Å². The molecule has 0 radical (unpaired) electrons. The van der Waals surface area contributed by atoms with Crippen LogP contribution in [-0.2, 0) is 26.7 Å². The topological polar surface area (TPSA) is 19.7 Å². The van der Waals surface area contributed by atoms with Crippen molar-refractivity contribution in [2.24, 2.45) is 7.05 Å². The van der Waals surface area contributed by atoms with Crippen LogP contribution in [0.2, 0.25) is 0 Å². The third-order valence-electron chi connectivity index (χ3n) is 18.2. The van der Waals surface area contributed by atoms with E-state index in [1.165, 1.54) is 280 Å². The maximum absolute atomic E-state index is 3.72. The van der Waals surface area contributed by atoms with Crippen molar-refractivity contribution in [1.82, 2.24) is 18.3 Å². The van der Waals surface area contributed by atoms with Gasteiger partial charge in [-0.25, -0.2) is 0 Å². The zero-order chi connectivity index (χ0) is 54.2. The molecule has 10 aromatic rings. The van der Waals surface area contributed by atoms with Crippen molar-refractivity contribution in [1.29, 1.82) is 0 Å². The highest BCUT2D eigenvalue weighted by molar-refractivity contribution is 6.19. The van der Waals surface area contributed by atoms with Gasteiger partial charge in [0.1, 0.15) is 0 Å². The van der Waals surface area contributed by atoms with E-state index in [1.54, 1.807) is 0 Å². The van der Waals surface area contributed by atoms with Gasteiger partial charge in [0.15, 0.2) is 0 Å². The van der Waals surface area contributed by atoms with E-state index >= 15 is 0 Å². The Morgan fingerprint density at radius 2 is 0.532 bits per heavy atom. The molecule has 0 aliphatic carbocycles. The molecule has 0 aliphatic heterocycles. The summed E-state index contributed by atoms with van der Waals surface area (Å²) in [6.45, 7) is 10.1.